The molecule has 0 aromatic carbocycles. The average molecular weight is 127 g/mol. The van der Waals surface area contributed by atoms with Crippen LogP contribution in [0, 0.1) is 5.92 Å². The van der Waals surface area contributed by atoms with E-state index in [4.69, 9.17) is 0 Å². The van der Waals surface area contributed by atoms with Gasteiger partial charge in [-0.1, -0.05) is 19.9 Å². The summed E-state index contributed by atoms with van der Waals surface area (Å²) in [7, 11) is 0. The number of hydrogen-bond donors (Lipinski definition) is 1. The van der Waals surface area contributed by atoms with Gasteiger partial charge in [0, 0.05) is 12.2 Å². The summed E-state index contributed by atoms with van der Waals surface area (Å²) in [6.07, 6.45) is 2.13. The van der Waals surface area contributed by atoms with Crippen molar-refractivity contribution in [2.45, 2.75) is 27.7 Å². The molecule has 0 heterocycles. The Bertz CT molecular complexity index is 92.7. The van der Waals surface area contributed by atoms with Crippen molar-refractivity contribution in [1.82, 2.24) is 5.32 Å². The highest BCUT2D eigenvalue weighted by molar-refractivity contribution is 4.99. The molecule has 0 unspecified atom stereocenters. The molecule has 0 bridgehead atoms. The predicted molar refractivity (Wildman–Crippen MR) is 42.3 cm³/mol. The summed E-state index contributed by atoms with van der Waals surface area (Å²) in [5.74, 6) is 0.634. The quantitative estimate of drug-likeness (QED) is 0.612. The number of hydrogen-bond acceptors (Lipinski definition) is 1. The molecule has 0 aromatic rings. The Morgan fingerprint density at radius 3 is 2.22 bits per heavy atom. The Balaban J connectivity index is 3.70. The maximum absolute atomic E-state index is 3.29. The van der Waals surface area contributed by atoms with Crippen LogP contribution < -0.4 is 5.32 Å². The summed E-state index contributed by atoms with van der Waals surface area (Å²) >= 11 is 0. The van der Waals surface area contributed by atoms with Crippen molar-refractivity contribution in [2.24, 2.45) is 5.92 Å². The standard InChI is InChI=1S/C8H17N/c1-5-8(7(3)4)9-6-2/h5,7,9H,6H2,1-4H3/b8-5-. The average Bonchev–Trinajstić information content (AvgIpc) is 1.82. The fourth-order valence-electron chi connectivity index (χ4n) is 0.844. The van der Waals surface area contributed by atoms with E-state index in [0.717, 1.165) is 6.54 Å². The zero-order chi connectivity index (χ0) is 7.28. The van der Waals surface area contributed by atoms with Gasteiger partial charge < -0.3 is 5.32 Å². The van der Waals surface area contributed by atoms with Crippen molar-refractivity contribution in [3.05, 3.63) is 11.8 Å². The summed E-state index contributed by atoms with van der Waals surface area (Å²) in [5.41, 5.74) is 1.34. The highest BCUT2D eigenvalue weighted by Gasteiger charge is 1.97. The van der Waals surface area contributed by atoms with Crippen LogP contribution in [0.4, 0.5) is 0 Å². The van der Waals surface area contributed by atoms with Gasteiger partial charge in [0.1, 0.15) is 0 Å². The van der Waals surface area contributed by atoms with Crippen LogP contribution in [0.25, 0.3) is 0 Å². The van der Waals surface area contributed by atoms with Crippen LogP contribution in [-0.2, 0) is 0 Å². The van der Waals surface area contributed by atoms with Crippen molar-refractivity contribution >= 4 is 0 Å². The summed E-state index contributed by atoms with van der Waals surface area (Å²) in [4.78, 5) is 0. The van der Waals surface area contributed by atoms with Crippen molar-refractivity contribution in [1.29, 1.82) is 0 Å². The first-order valence-electron chi connectivity index (χ1n) is 3.62. The highest BCUT2D eigenvalue weighted by Crippen LogP contribution is 2.03. The molecule has 9 heavy (non-hydrogen) atoms. The second kappa shape index (κ2) is 4.42. The Hall–Kier alpha value is -0.460. The molecule has 0 aliphatic rings. The monoisotopic (exact) mass is 127 g/mol. The zero-order valence-corrected chi connectivity index (χ0v) is 6.86. The summed E-state index contributed by atoms with van der Waals surface area (Å²) in [6.45, 7) is 9.59. The fraction of sp³-hybridized carbons (Fsp3) is 0.750. The van der Waals surface area contributed by atoms with Gasteiger partial charge in [-0.15, -0.1) is 0 Å². The van der Waals surface area contributed by atoms with Gasteiger partial charge in [-0.3, -0.25) is 0 Å². The van der Waals surface area contributed by atoms with Crippen molar-refractivity contribution in [3.63, 3.8) is 0 Å². The lowest BCUT2D eigenvalue weighted by atomic mass is 10.1. The van der Waals surface area contributed by atoms with Crippen LogP contribution in [0.15, 0.2) is 11.8 Å². The molecular weight excluding hydrogens is 110 g/mol. The Morgan fingerprint density at radius 2 is 2.11 bits per heavy atom. The molecule has 54 valence electrons. The van der Waals surface area contributed by atoms with Gasteiger partial charge in [0.25, 0.3) is 0 Å². The topological polar surface area (TPSA) is 12.0 Å². The van der Waals surface area contributed by atoms with Gasteiger partial charge in [-0.25, -0.2) is 0 Å². The Morgan fingerprint density at radius 1 is 1.56 bits per heavy atom. The van der Waals surface area contributed by atoms with E-state index in [1.54, 1.807) is 0 Å². The lowest BCUT2D eigenvalue weighted by molar-refractivity contribution is 0.666. The normalized spacial score (nSPS) is 12.3. The third-order valence-corrected chi connectivity index (χ3v) is 1.31. The minimum absolute atomic E-state index is 0.634. The van der Waals surface area contributed by atoms with Gasteiger partial charge >= 0.3 is 0 Å². The third kappa shape index (κ3) is 3.17. The van der Waals surface area contributed by atoms with Crippen LogP contribution in [0.2, 0.25) is 0 Å². The van der Waals surface area contributed by atoms with E-state index in [1.165, 1.54) is 5.70 Å². The van der Waals surface area contributed by atoms with Gasteiger partial charge in [0.15, 0.2) is 0 Å². The fourth-order valence-corrected chi connectivity index (χ4v) is 0.844. The van der Waals surface area contributed by atoms with E-state index in [0.29, 0.717) is 5.92 Å². The number of nitrogens with one attached hydrogen (secondary N) is 1. The van der Waals surface area contributed by atoms with E-state index < -0.39 is 0 Å². The maximum Gasteiger partial charge on any atom is 0.0115 e. The molecule has 0 amide bonds. The third-order valence-electron chi connectivity index (χ3n) is 1.31. The molecule has 0 atom stereocenters. The van der Waals surface area contributed by atoms with E-state index in [-0.39, 0.29) is 0 Å². The van der Waals surface area contributed by atoms with Crippen molar-refractivity contribution in [2.75, 3.05) is 6.54 Å². The maximum atomic E-state index is 3.29. The van der Waals surface area contributed by atoms with Crippen LogP contribution in [-0.4, -0.2) is 6.54 Å². The molecule has 0 radical (unpaired) electrons. The van der Waals surface area contributed by atoms with E-state index in [9.17, 15) is 0 Å². The molecular formula is C8H17N. The highest BCUT2D eigenvalue weighted by atomic mass is 14.9. The van der Waals surface area contributed by atoms with Crippen molar-refractivity contribution < 1.29 is 0 Å². The molecule has 0 saturated carbocycles. The minimum atomic E-state index is 0.634. The number of allylic oxidation sites excluding steroid dienone is 2. The van der Waals surface area contributed by atoms with E-state index >= 15 is 0 Å². The molecule has 1 heteroatoms. The minimum Gasteiger partial charge on any atom is -0.389 e. The molecule has 0 rings (SSSR count). The molecule has 0 aliphatic heterocycles. The SMILES string of the molecule is C/C=C(\NCC)C(C)C. The zero-order valence-electron chi connectivity index (χ0n) is 6.86. The molecule has 0 spiro atoms. The van der Waals surface area contributed by atoms with Crippen LogP contribution >= 0.6 is 0 Å². The molecule has 1 N–H and O–H groups in total. The number of rotatable bonds is 3. The first kappa shape index (κ1) is 8.54. The van der Waals surface area contributed by atoms with E-state index in [2.05, 4.69) is 39.1 Å². The second-order valence-electron chi connectivity index (χ2n) is 2.43. The molecule has 0 saturated heterocycles. The van der Waals surface area contributed by atoms with Crippen molar-refractivity contribution in [3.8, 4) is 0 Å². The van der Waals surface area contributed by atoms with E-state index in [1.807, 2.05) is 0 Å². The molecule has 0 aliphatic carbocycles. The van der Waals surface area contributed by atoms with Gasteiger partial charge in [0.05, 0.1) is 0 Å². The summed E-state index contributed by atoms with van der Waals surface area (Å²) in [6, 6.07) is 0. The second-order valence-corrected chi connectivity index (χ2v) is 2.43. The lowest BCUT2D eigenvalue weighted by Gasteiger charge is -2.11. The molecule has 1 nitrogen and oxygen atoms in total. The lowest BCUT2D eigenvalue weighted by Crippen LogP contribution is -2.16. The summed E-state index contributed by atoms with van der Waals surface area (Å²) < 4.78 is 0. The van der Waals surface area contributed by atoms with Crippen LogP contribution in [0.1, 0.15) is 27.7 Å². The van der Waals surface area contributed by atoms with Gasteiger partial charge in [-0.2, -0.15) is 0 Å². The largest absolute Gasteiger partial charge is 0.389 e. The van der Waals surface area contributed by atoms with Crippen LogP contribution in [0.5, 0.6) is 0 Å². The van der Waals surface area contributed by atoms with Gasteiger partial charge in [0.2, 0.25) is 0 Å². The smallest absolute Gasteiger partial charge is 0.0115 e. The summed E-state index contributed by atoms with van der Waals surface area (Å²) in [5, 5.41) is 3.29. The molecule has 0 aromatic heterocycles. The first-order valence-corrected chi connectivity index (χ1v) is 3.62. The van der Waals surface area contributed by atoms with Crippen LogP contribution in [0.3, 0.4) is 0 Å². The van der Waals surface area contributed by atoms with Gasteiger partial charge in [-0.05, 0) is 19.8 Å². The molecule has 0 fully saturated rings. The first-order chi connectivity index (χ1) is 4.22. The Kier molecular flexibility index (Phi) is 4.20. The Labute approximate surface area is 58.2 Å². The predicted octanol–water partition coefficient (Wildman–Crippen LogP) is 2.16.